The van der Waals surface area contributed by atoms with E-state index in [2.05, 4.69) is 24.1 Å². The van der Waals surface area contributed by atoms with Crippen molar-refractivity contribution >= 4 is 11.9 Å². The van der Waals surface area contributed by atoms with Crippen LogP contribution in [0.3, 0.4) is 0 Å². The summed E-state index contributed by atoms with van der Waals surface area (Å²) in [6.45, 7) is 7.86. The molecule has 1 aromatic rings. The molecule has 0 radical (unpaired) electrons. The first kappa shape index (κ1) is 16.8. The fourth-order valence-corrected chi connectivity index (χ4v) is 3.91. The summed E-state index contributed by atoms with van der Waals surface area (Å²) in [6, 6.07) is 0. The molecule has 1 aromatic heterocycles. The van der Waals surface area contributed by atoms with Crippen molar-refractivity contribution in [3.63, 3.8) is 0 Å². The maximum atomic E-state index is 12.5. The number of nitrogens with zero attached hydrogens (tertiary/aromatic N) is 3. The molecular formula is C19H28N4O2. The molecule has 0 bridgehead atoms. The van der Waals surface area contributed by atoms with Gasteiger partial charge in [-0.2, -0.15) is 0 Å². The van der Waals surface area contributed by atoms with Gasteiger partial charge < -0.3 is 15.0 Å². The minimum atomic E-state index is -0.167. The highest BCUT2D eigenvalue weighted by molar-refractivity contribution is 5.77. The molecule has 1 unspecified atom stereocenters. The van der Waals surface area contributed by atoms with Gasteiger partial charge in [0.05, 0.1) is 24.3 Å². The first-order valence-electron chi connectivity index (χ1n) is 9.51. The molecule has 1 atom stereocenters. The fraction of sp³-hybridized carbons (Fsp3) is 0.737. The third kappa shape index (κ3) is 3.50. The number of nitrogens with one attached hydrogen (secondary N) is 1. The lowest BCUT2D eigenvalue weighted by Gasteiger charge is -2.34. The van der Waals surface area contributed by atoms with Crippen LogP contribution in [0.2, 0.25) is 0 Å². The molecule has 0 aromatic carbocycles. The van der Waals surface area contributed by atoms with Crippen molar-refractivity contribution in [1.29, 1.82) is 0 Å². The van der Waals surface area contributed by atoms with Gasteiger partial charge >= 0.3 is 0 Å². The zero-order valence-electron chi connectivity index (χ0n) is 15.3. The summed E-state index contributed by atoms with van der Waals surface area (Å²) in [6.07, 6.45) is 6.05. The van der Waals surface area contributed by atoms with Gasteiger partial charge in [0, 0.05) is 37.8 Å². The molecular weight excluding hydrogens is 316 g/mol. The van der Waals surface area contributed by atoms with Crippen LogP contribution in [0.1, 0.15) is 50.8 Å². The largest absolute Gasteiger partial charge is 0.376 e. The SMILES string of the molecule is CC(C)CC(=O)N1CCC2(COCc3cnc(NCC4CC4)nc32)C1. The van der Waals surface area contributed by atoms with Crippen LogP contribution < -0.4 is 5.32 Å². The monoisotopic (exact) mass is 344 g/mol. The summed E-state index contributed by atoms with van der Waals surface area (Å²) in [4.78, 5) is 23.8. The number of hydrogen-bond donors (Lipinski definition) is 1. The Kier molecular flexibility index (Phi) is 4.40. The third-order valence-electron chi connectivity index (χ3n) is 5.54. The van der Waals surface area contributed by atoms with Crippen LogP contribution in [0.4, 0.5) is 5.95 Å². The van der Waals surface area contributed by atoms with Crippen LogP contribution in [-0.4, -0.2) is 47.0 Å². The van der Waals surface area contributed by atoms with Crippen LogP contribution in [0.5, 0.6) is 0 Å². The molecule has 1 saturated heterocycles. The highest BCUT2D eigenvalue weighted by Crippen LogP contribution is 2.39. The van der Waals surface area contributed by atoms with Crippen molar-refractivity contribution in [2.45, 2.75) is 51.6 Å². The van der Waals surface area contributed by atoms with E-state index in [0.29, 0.717) is 32.1 Å². The Morgan fingerprint density at radius 1 is 1.48 bits per heavy atom. The smallest absolute Gasteiger partial charge is 0.222 e. The maximum absolute atomic E-state index is 12.5. The van der Waals surface area contributed by atoms with Crippen molar-refractivity contribution in [1.82, 2.24) is 14.9 Å². The molecule has 4 rings (SSSR count). The van der Waals surface area contributed by atoms with Gasteiger partial charge in [-0.25, -0.2) is 9.97 Å². The number of aromatic nitrogens is 2. The van der Waals surface area contributed by atoms with Crippen molar-refractivity contribution < 1.29 is 9.53 Å². The van der Waals surface area contributed by atoms with Gasteiger partial charge in [0.15, 0.2) is 0 Å². The Hall–Kier alpha value is -1.69. The summed E-state index contributed by atoms with van der Waals surface area (Å²) in [5.41, 5.74) is 1.99. The second-order valence-electron chi connectivity index (χ2n) is 8.33. The van der Waals surface area contributed by atoms with Gasteiger partial charge in [-0.15, -0.1) is 0 Å². The number of carbonyl (C=O) groups excluding carboxylic acids is 1. The Balaban J connectivity index is 1.53. The van der Waals surface area contributed by atoms with Crippen LogP contribution in [0, 0.1) is 11.8 Å². The van der Waals surface area contributed by atoms with E-state index in [1.165, 1.54) is 12.8 Å². The van der Waals surface area contributed by atoms with Crippen molar-refractivity contribution in [3.05, 3.63) is 17.5 Å². The Bertz CT molecular complexity index is 659. The van der Waals surface area contributed by atoms with Crippen LogP contribution >= 0.6 is 0 Å². The van der Waals surface area contributed by atoms with E-state index in [1.807, 2.05) is 11.1 Å². The minimum Gasteiger partial charge on any atom is -0.376 e. The summed E-state index contributed by atoms with van der Waals surface area (Å²) in [5, 5.41) is 3.38. The van der Waals surface area contributed by atoms with E-state index in [4.69, 9.17) is 9.72 Å². The zero-order valence-corrected chi connectivity index (χ0v) is 15.3. The fourth-order valence-electron chi connectivity index (χ4n) is 3.91. The molecule has 3 heterocycles. The van der Waals surface area contributed by atoms with E-state index < -0.39 is 0 Å². The second kappa shape index (κ2) is 6.56. The van der Waals surface area contributed by atoms with Gasteiger partial charge in [0.2, 0.25) is 11.9 Å². The Labute approximate surface area is 149 Å². The minimum absolute atomic E-state index is 0.167. The second-order valence-corrected chi connectivity index (χ2v) is 8.33. The molecule has 2 fully saturated rings. The Morgan fingerprint density at radius 2 is 2.32 bits per heavy atom. The predicted octanol–water partition coefficient (Wildman–Crippen LogP) is 2.34. The molecule has 1 saturated carbocycles. The van der Waals surface area contributed by atoms with Crippen LogP contribution in [-0.2, 0) is 21.6 Å². The van der Waals surface area contributed by atoms with Gasteiger partial charge in [0.25, 0.3) is 0 Å². The standard InChI is InChI=1S/C19H28N4O2/c1-13(2)7-16(24)23-6-5-19(11-23)12-25-10-15-9-21-18(22-17(15)19)20-8-14-3-4-14/h9,13-14H,3-8,10-12H2,1-2H3,(H,20,21,22). The quantitative estimate of drug-likeness (QED) is 0.888. The number of carbonyl (C=O) groups is 1. The van der Waals surface area contributed by atoms with Gasteiger partial charge in [-0.05, 0) is 31.1 Å². The lowest BCUT2D eigenvalue weighted by atomic mass is 9.80. The molecule has 1 aliphatic carbocycles. The molecule has 25 heavy (non-hydrogen) atoms. The van der Waals surface area contributed by atoms with Gasteiger partial charge in [0.1, 0.15) is 0 Å². The average molecular weight is 344 g/mol. The third-order valence-corrected chi connectivity index (χ3v) is 5.54. The topological polar surface area (TPSA) is 67.4 Å². The highest BCUT2D eigenvalue weighted by Gasteiger charge is 2.46. The van der Waals surface area contributed by atoms with E-state index in [1.54, 1.807) is 0 Å². The Morgan fingerprint density at radius 3 is 3.08 bits per heavy atom. The molecule has 1 spiro atoms. The van der Waals surface area contributed by atoms with E-state index in [-0.39, 0.29) is 11.3 Å². The molecule has 1 amide bonds. The first-order valence-corrected chi connectivity index (χ1v) is 9.51. The number of amides is 1. The maximum Gasteiger partial charge on any atom is 0.222 e. The summed E-state index contributed by atoms with van der Waals surface area (Å²) < 4.78 is 5.85. The van der Waals surface area contributed by atoms with E-state index in [9.17, 15) is 4.79 Å². The van der Waals surface area contributed by atoms with Crippen molar-refractivity contribution in [2.24, 2.45) is 11.8 Å². The number of likely N-dealkylation sites (tertiary alicyclic amines) is 1. The van der Waals surface area contributed by atoms with Crippen molar-refractivity contribution in [3.8, 4) is 0 Å². The average Bonchev–Trinajstić information content (AvgIpc) is 3.32. The molecule has 6 heteroatoms. The zero-order chi connectivity index (χ0) is 17.4. The molecule has 2 aliphatic heterocycles. The van der Waals surface area contributed by atoms with Gasteiger partial charge in [-0.3, -0.25) is 4.79 Å². The molecule has 136 valence electrons. The molecule has 6 nitrogen and oxygen atoms in total. The molecule has 3 aliphatic rings. The predicted molar refractivity (Wildman–Crippen MR) is 95.2 cm³/mol. The summed E-state index contributed by atoms with van der Waals surface area (Å²) in [7, 11) is 0. The summed E-state index contributed by atoms with van der Waals surface area (Å²) in [5.74, 6) is 2.14. The number of ether oxygens (including phenoxy) is 1. The lowest BCUT2D eigenvalue weighted by molar-refractivity contribution is -0.131. The number of rotatable bonds is 5. The van der Waals surface area contributed by atoms with E-state index in [0.717, 1.165) is 42.6 Å². The highest BCUT2D eigenvalue weighted by atomic mass is 16.5. The normalized spacial score (nSPS) is 25.5. The summed E-state index contributed by atoms with van der Waals surface area (Å²) >= 11 is 0. The van der Waals surface area contributed by atoms with Gasteiger partial charge in [-0.1, -0.05) is 13.8 Å². The number of anilines is 1. The van der Waals surface area contributed by atoms with E-state index >= 15 is 0 Å². The number of fused-ring (bicyclic) bond motifs is 2. The molecule has 1 N–H and O–H groups in total. The van der Waals surface area contributed by atoms with Crippen LogP contribution in [0.25, 0.3) is 0 Å². The van der Waals surface area contributed by atoms with Crippen molar-refractivity contribution in [2.75, 3.05) is 31.6 Å². The lowest BCUT2D eigenvalue weighted by Crippen LogP contribution is -2.42. The number of hydrogen-bond acceptors (Lipinski definition) is 5. The van der Waals surface area contributed by atoms with Crippen LogP contribution in [0.15, 0.2) is 6.20 Å². The first-order chi connectivity index (χ1) is 12.1.